The largest absolute Gasteiger partial charge is 0.492 e. The highest BCUT2D eigenvalue weighted by Crippen LogP contribution is 2.23. The number of pyridine rings is 1. The molecule has 0 unspecified atom stereocenters. The Labute approximate surface area is 185 Å². The molecule has 0 saturated heterocycles. The third-order valence-electron chi connectivity index (χ3n) is 4.93. The van der Waals surface area contributed by atoms with Crippen molar-refractivity contribution in [3.8, 4) is 5.75 Å². The van der Waals surface area contributed by atoms with Crippen molar-refractivity contribution in [3.63, 3.8) is 0 Å². The zero-order valence-electron chi connectivity index (χ0n) is 17.0. The fraction of sp³-hybridized carbons (Fsp3) is 0.208. The third-order valence-corrected chi connectivity index (χ3v) is 5.25. The standard InChI is InChI=1S/C24H23ClN4O2/c25-19-9-1-4-12-22(19)31-15-6-5-14-29-21-11-3-2-10-20(21)28-23(29)17-27-24(30)18-8-7-13-26-16-18/h1-4,7-13,16H,5-6,14-15,17H2,(H,27,30). The predicted molar refractivity (Wildman–Crippen MR) is 121 cm³/mol. The first-order chi connectivity index (χ1) is 15.2. The van der Waals surface area contributed by atoms with Gasteiger partial charge in [0.1, 0.15) is 11.6 Å². The van der Waals surface area contributed by atoms with Crippen LogP contribution in [0.25, 0.3) is 11.0 Å². The van der Waals surface area contributed by atoms with E-state index in [0.29, 0.717) is 29.5 Å². The molecule has 4 aromatic rings. The van der Waals surface area contributed by atoms with E-state index in [4.69, 9.17) is 21.3 Å². The smallest absolute Gasteiger partial charge is 0.253 e. The molecule has 1 N–H and O–H groups in total. The van der Waals surface area contributed by atoms with E-state index in [1.807, 2.05) is 42.5 Å². The Balaban J connectivity index is 1.38. The molecule has 0 aliphatic heterocycles. The molecule has 0 spiro atoms. The Morgan fingerprint density at radius 1 is 1.03 bits per heavy atom. The van der Waals surface area contributed by atoms with Gasteiger partial charge in [-0.25, -0.2) is 4.98 Å². The van der Waals surface area contributed by atoms with Gasteiger partial charge in [-0.1, -0.05) is 35.9 Å². The molecule has 2 heterocycles. The first-order valence-corrected chi connectivity index (χ1v) is 10.6. The second-order valence-electron chi connectivity index (χ2n) is 7.08. The van der Waals surface area contributed by atoms with Gasteiger partial charge in [-0.15, -0.1) is 0 Å². The highest BCUT2D eigenvalue weighted by atomic mass is 35.5. The quantitative estimate of drug-likeness (QED) is 0.381. The Hall–Kier alpha value is -3.38. The number of imidazole rings is 1. The molecule has 0 saturated carbocycles. The van der Waals surface area contributed by atoms with Gasteiger partial charge in [0.05, 0.1) is 34.8 Å². The van der Waals surface area contributed by atoms with Crippen LogP contribution in [0.15, 0.2) is 73.1 Å². The molecule has 0 bridgehead atoms. The van der Waals surface area contributed by atoms with E-state index < -0.39 is 0 Å². The maximum atomic E-state index is 12.4. The molecule has 31 heavy (non-hydrogen) atoms. The minimum absolute atomic E-state index is 0.167. The second kappa shape index (κ2) is 10.1. The fourth-order valence-electron chi connectivity index (χ4n) is 3.38. The summed E-state index contributed by atoms with van der Waals surface area (Å²) in [6.45, 7) is 1.71. The number of hydrogen-bond acceptors (Lipinski definition) is 4. The van der Waals surface area contributed by atoms with Crippen molar-refractivity contribution >= 4 is 28.5 Å². The summed E-state index contributed by atoms with van der Waals surface area (Å²) in [5.74, 6) is 1.36. The lowest BCUT2D eigenvalue weighted by Crippen LogP contribution is -2.25. The van der Waals surface area contributed by atoms with Gasteiger partial charge in [-0.3, -0.25) is 9.78 Å². The summed E-state index contributed by atoms with van der Waals surface area (Å²) in [7, 11) is 0. The molecule has 6 nitrogen and oxygen atoms in total. The van der Waals surface area contributed by atoms with Crippen LogP contribution in [0.2, 0.25) is 5.02 Å². The lowest BCUT2D eigenvalue weighted by atomic mass is 10.2. The number of nitrogens with zero attached hydrogens (tertiary/aromatic N) is 3. The fourth-order valence-corrected chi connectivity index (χ4v) is 3.57. The number of aryl methyl sites for hydroxylation is 1. The van der Waals surface area contributed by atoms with Crippen LogP contribution >= 0.6 is 11.6 Å². The van der Waals surface area contributed by atoms with E-state index in [1.165, 1.54) is 0 Å². The summed E-state index contributed by atoms with van der Waals surface area (Å²) in [5.41, 5.74) is 2.50. The molecule has 0 aliphatic carbocycles. The van der Waals surface area contributed by atoms with Crippen molar-refractivity contribution in [1.29, 1.82) is 0 Å². The van der Waals surface area contributed by atoms with Crippen molar-refractivity contribution in [2.24, 2.45) is 0 Å². The summed E-state index contributed by atoms with van der Waals surface area (Å²) in [5, 5.41) is 3.56. The van der Waals surface area contributed by atoms with Gasteiger partial charge in [-0.2, -0.15) is 0 Å². The van der Waals surface area contributed by atoms with E-state index in [0.717, 1.165) is 36.2 Å². The normalized spacial score (nSPS) is 10.9. The number of aromatic nitrogens is 3. The number of amides is 1. The summed E-state index contributed by atoms with van der Waals surface area (Å²) in [6.07, 6.45) is 4.98. The van der Waals surface area contributed by atoms with Crippen LogP contribution in [-0.4, -0.2) is 27.0 Å². The summed E-state index contributed by atoms with van der Waals surface area (Å²) in [6, 6.07) is 19.0. The van der Waals surface area contributed by atoms with E-state index in [2.05, 4.69) is 20.9 Å². The van der Waals surface area contributed by atoms with Crippen molar-refractivity contribution in [1.82, 2.24) is 19.9 Å². The number of carbonyl (C=O) groups excluding carboxylic acids is 1. The highest BCUT2D eigenvalue weighted by Gasteiger charge is 2.12. The van der Waals surface area contributed by atoms with Crippen molar-refractivity contribution in [3.05, 3.63) is 89.5 Å². The van der Waals surface area contributed by atoms with E-state index >= 15 is 0 Å². The number of unbranched alkanes of at least 4 members (excludes halogenated alkanes) is 1. The number of fused-ring (bicyclic) bond motifs is 1. The number of carbonyl (C=O) groups is 1. The molecule has 158 valence electrons. The van der Waals surface area contributed by atoms with Crippen LogP contribution in [0.5, 0.6) is 5.75 Å². The number of hydrogen-bond donors (Lipinski definition) is 1. The first kappa shape index (κ1) is 20.9. The molecule has 2 aromatic heterocycles. The summed E-state index contributed by atoms with van der Waals surface area (Å²) in [4.78, 5) is 21.1. The number of para-hydroxylation sites is 3. The lowest BCUT2D eigenvalue weighted by molar-refractivity contribution is 0.0949. The molecule has 0 radical (unpaired) electrons. The molecule has 0 atom stereocenters. The Morgan fingerprint density at radius 3 is 2.71 bits per heavy atom. The molecule has 1 amide bonds. The Morgan fingerprint density at radius 2 is 1.87 bits per heavy atom. The van der Waals surface area contributed by atoms with Crippen LogP contribution in [0, 0.1) is 0 Å². The van der Waals surface area contributed by atoms with Gasteiger partial charge in [0.2, 0.25) is 0 Å². The third kappa shape index (κ3) is 5.22. The van der Waals surface area contributed by atoms with E-state index in [9.17, 15) is 4.79 Å². The molecule has 4 rings (SSSR count). The minimum atomic E-state index is -0.167. The molecule has 0 aliphatic rings. The number of rotatable bonds is 9. The van der Waals surface area contributed by atoms with Crippen LogP contribution in [0.1, 0.15) is 29.0 Å². The average molecular weight is 435 g/mol. The minimum Gasteiger partial charge on any atom is -0.492 e. The van der Waals surface area contributed by atoms with Crippen LogP contribution in [0.3, 0.4) is 0 Å². The lowest BCUT2D eigenvalue weighted by Gasteiger charge is -2.11. The SMILES string of the molecule is O=C(NCc1nc2ccccc2n1CCCCOc1ccccc1Cl)c1cccnc1. The van der Waals surface area contributed by atoms with Crippen molar-refractivity contribution < 1.29 is 9.53 Å². The number of ether oxygens (including phenoxy) is 1. The number of halogens is 1. The van der Waals surface area contributed by atoms with Crippen LogP contribution in [0.4, 0.5) is 0 Å². The molecule has 0 fully saturated rings. The average Bonchev–Trinajstić information content (AvgIpc) is 3.16. The highest BCUT2D eigenvalue weighted by molar-refractivity contribution is 6.32. The van der Waals surface area contributed by atoms with Crippen LogP contribution in [-0.2, 0) is 13.1 Å². The van der Waals surface area contributed by atoms with Gasteiger partial charge in [0.25, 0.3) is 5.91 Å². The molecule has 2 aromatic carbocycles. The zero-order valence-corrected chi connectivity index (χ0v) is 17.8. The second-order valence-corrected chi connectivity index (χ2v) is 7.49. The molecular weight excluding hydrogens is 412 g/mol. The van der Waals surface area contributed by atoms with Gasteiger partial charge in [-0.05, 0) is 49.2 Å². The van der Waals surface area contributed by atoms with Crippen molar-refractivity contribution in [2.45, 2.75) is 25.9 Å². The monoisotopic (exact) mass is 434 g/mol. The van der Waals surface area contributed by atoms with E-state index in [-0.39, 0.29) is 5.91 Å². The number of nitrogens with one attached hydrogen (secondary N) is 1. The van der Waals surface area contributed by atoms with Crippen LogP contribution < -0.4 is 10.1 Å². The van der Waals surface area contributed by atoms with Crippen molar-refractivity contribution in [2.75, 3.05) is 6.61 Å². The van der Waals surface area contributed by atoms with E-state index in [1.54, 1.807) is 24.5 Å². The van der Waals surface area contributed by atoms with Gasteiger partial charge in [0, 0.05) is 18.9 Å². The Kier molecular flexibility index (Phi) is 6.79. The number of benzene rings is 2. The topological polar surface area (TPSA) is 69.0 Å². The molecule has 7 heteroatoms. The van der Waals surface area contributed by atoms with Gasteiger partial charge >= 0.3 is 0 Å². The van der Waals surface area contributed by atoms with Gasteiger partial charge < -0.3 is 14.6 Å². The summed E-state index contributed by atoms with van der Waals surface area (Å²) >= 11 is 6.13. The molecular formula is C24H23ClN4O2. The van der Waals surface area contributed by atoms with Gasteiger partial charge in [0.15, 0.2) is 0 Å². The first-order valence-electron chi connectivity index (χ1n) is 10.2. The Bertz CT molecular complexity index is 1160. The predicted octanol–water partition coefficient (Wildman–Crippen LogP) is 4.87. The summed E-state index contributed by atoms with van der Waals surface area (Å²) < 4.78 is 7.94. The zero-order chi connectivity index (χ0) is 21.5. The maximum Gasteiger partial charge on any atom is 0.253 e. The maximum absolute atomic E-state index is 12.4.